The van der Waals surface area contributed by atoms with E-state index in [9.17, 15) is 19.2 Å². The molecule has 0 bridgehead atoms. The van der Waals surface area contributed by atoms with E-state index in [4.69, 9.17) is 18.9 Å². The quantitative estimate of drug-likeness (QED) is 0.151. The van der Waals surface area contributed by atoms with Gasteiger partial charge in [-0.2, -0.15) is 0 Å². The molecular formula is C35H55NO8. The molecular weight excluding hydrogens is 562 g/mol. The van der Waals surface area contributed by atoms with Crippen LogP contribution in [0, 0.1) is 23.7 Å². The number of ether oxygens (including phenoxy) is 4. The Bertz CT molecular complexity index is 1140. The minimum atomic E-state index is -0.777. The molecule has 1 aromatic carbocycles. The van der Waals surface area contributed by atoms with E-state index in [2.05, 4.69) is 11.4 Å². The van der Waals surface area contributed by atoms with Gasteiger partial charge in [0.05, 0.1) is 30.5 Å². The van der Waals surface area contributed by atoms with Gasteiger partial charge in [-0.3, -0.25) is 19.2 Å². The molecule has 2 rings (SSSR count). The molecule has 0 aromatic heterocycles. The van der Waals surface area contributed by atoms with Crippen molar-refractivity contribution in [2.75, 3.05) is 13.2 Å². The maximum atomic E-state index is 13.6. The molecule has 9 nitrogen and oxygen atoms in total. The van der Waals surface area contributed by atoms with Gasteiger partial charge in [-0.25, -0.2) is 0 Å². The average molecular weight is 618 g/mol. The van der Waals surface area contributed by atoms with Crippen molar-refractivity contribution in [1.29, 1.82) is 0 Å². The van der Waals surface area contributed by atoms with E-state index in [1.165, 1.54) is 11.1 Å². The highest BCUT2D eigenvalue weighted by atomic mass is 16.6. The smallest absolute Gasteiger partial charge is 0.309 e. The summed E-state index contributed by atoms with van der Waals surface area (Å²) >= 11 is 0. The third-order valence-corrected chi connectivity index (χ3v) is 7.10. The molecule has 0 saturated heterocycles. The van der Waals surface area contributed by atoms with Crippen molar-refractivity contribution in [1.82, 2.24) is 5.32 Å². The van der Waals surface area contributed by atoms with E-state index in [0.29, 0.717) is 6.61 Å². The zero-order valence-corrected chi connectivity index (χ0v) is 28.7. The fourth-order valence-electron chi connectivity index (χ4n) is 5.06. The molecule has 1 amide bonds. The first-order valence-electron chi connectivity index (χ1n) is 15.8. The molecule has 9 heteroatoms. The van der Waals surface area contributed by atoms with Gasteiger partial charge in [0.2, 0.25) is 5.91 Å². The summed E-state index contributed by atoms with van der Waals surface area (Å²) in [7, 11) is 0. The molecule has 1 aromatic rings. The summed E-state index contributed by atoms with van der Waals surface area (Å²) in [5, 5.41) is 2.94. The molecule has 0 spiro atoms. The standard InChI is InChI=1S/C35H55NO8/c1-22(30(38)42-33(3,4)5)18-25(29(37)36-16-17-41-28-21-24-14-12-13-15-27(24)28)20-26(32(40)44-35(9,10)11)19-23(2)31(39)43-34(6,7)8/h12-15,22-23,25-26,28H,16-21H2,1-11H3,(H,36,37). The lowest BCUT2D eigenvalue weighted by Crippen LogP contribution is -2.39. The minimum Gasteiger partial charge on any atom is -0.460 e. The fourth-order valence-corrected chi connectivity index (χ4v) is 5.06. The number of carbonyl (C=O) groups excluding carboxylic acids is 4. The van der Waals surface area contributed by atoms with Crippen molar-refractivity contribution >= 4 is 23.8 Å². The number of fused-ring (bicyclic) bond motifs is 1. The first kappa shape index (κ1) is 37.2. The van der Waals surface area contributed by atoms with Crippen LogP contribution in [0.1, 0.15) is 113 Å². The summed E-state index contributed by atoms with van der Waals surface area (Å²) in [6.45, 7) is 20.1. The van der Waals surface area contributed by atoms with Gasteiger partial charge in [0.25, 0.3) is 0 Å². The average Bonchev–Trinajstić information content (AvgIpc) is 2.84. The number of nitrogens with one attached hydrogen (secondary N) is 1. The zero-order chi connectivity index (χ0) is 33.5. The highest BCUT2D eigenvalue weighted by Gasteiger charge is 2.36. The summed E-state index contributed by atoms with van der Waals surface area (Å²) in [5.74, 6) is -4.35. The van der Waals surface area contributed by atoms with Crippen molar-refractivity contribution in [2.24, 2.45) is 23.7 Å². The van der Waals surface area contributed by atoms with E-state index in [0.717, 1.165) is 6.42 Å². The van der Waals surface area contributed by atoms with Gasteiger partial charge in [-0.15, -0.1) is 0 Å². The Morgan fingerprint density at radius 1 is 0.727 bits per heavy atom. The topological polar surface area (TPSA) is 117 Å². The molecule has 5 atom stereocenters. The number of hydrogen-bond donors (Lipinski definition) is 1. The molecule has 1 N–H and O–H groups in total. The van der Waals surface area contributed by atoms with Gasteiger partial charge < -0.3 is 24.3 Å². The summed E-state index contributed by atoms with van der Waals surface area (Å²) in [4.78, 5) is 52.7. The van der Waals surface area contributed by atoms with E-state index >= 15 is 0 Å². The number of esters is 3. The molecule has 0 saturated carbocycles. The van der Waals surface area contributed by atoms with Crippen LogP contribution in [0.2, 0.25) is 0 Å². The van der Waals surface area contributed by atoms with Crippen molar-refractivity contribution in [3.8, 4) is 0 Å². The number of amides is 1. The molecule has 0 radical (unpaired) electrons. The lowest BCUT2D eigenvalue weighted by Gasteiger charge is -2.30. The Morgan fingerprint density at radius 2 is 1.20 bits per heavy atom. The molecule has 0 aliphatic heterocycles. The Hall–Kier alpha value is -2.94. The van der Waals surface area contributed by atoms with Crippen LogP contribution in [0.4, 0.5) is 0 Å². The lowest BCUT2D eigenvalue weighted by atomic mass is 9.82. The van der Waals surface area contributed by atoms with Crippen LogP contribution in [0.5, 0.6) is 0 Å². The maximum Gasteiger partial charge on any atom is 0.309 e. The Balaban J connectivity index is 2.18. The Labute approximate surface area is 264 Å². The summed E-state index contributed by atoms with van der Waals surface area (Å²) < 4.78 is 22.8. The molecule has 0 fully saturated rings. The van der Waals surface area contributed by atoms with Crippen LogP contribution in [-0.2, 0) is 44.5 Å². The monoisotopic (exact) mass is 617 g/mol. The summed E-state index contributed by atoms with van der Waals surface area (Å²) in [6.07, 6.45) is 1.25. The van der Waals surface area contributed by atoms with Crippen molar-refractivity contribution in [3.63, 3.8) is 0 Å². The normalized spacial score (nSPS) is 17.7. The van der Waals surface area contributed by atoms with Crippen LogP contribution in [0.3, 0.4) is 0 Å². The molecule has 0 heterocycles. The molecule has 1 aliphatic carbocycles. The second kappa shape index (κ2) is 15.4. The van der Waals surface area contributed by atoms with Gasteiger partial charge in [0, 0.05) is 18.9 Å². The van der Waals surface area contributed by atoms with E-state index in [1.54, 1.807) is 76.2 Å². The van der Waals surface area contributed by atoms with E-state index < -0.39 is 58.4 Å². The van der Waals surface area contributed by atoms with Gasteiger partial charge >= 0.3 is 17.9 Å². The van der Waals surface area contributed by atoms with Crippen LogP contribution >= 0.6 is 0 Å². The van der Waals surface area contributed by atoms with Crippen molar-refractivity contribution in [3.05, 3.63) is 35.4 Å². The Kier molecular flexibility index (Phi) is 13.0. The van der Waals surface area contributed by atoms with Gasteiger partial charge in [-0.1, -0.05) is 38.1 Å². The largest absolute Gasteiger partial charge is 0.460 e. The predicted octanol–water partition coefficient (Wildman–Crippen LogP) is 6.12. The predicted molar refractivity (Wildman–Crippen MR) is 169 cm³/mol. The van der Waals surface area contributed by atoms with Crippen LogP contribution in [0.15, 0.2) is 24.3 Å². The van der Waals surface area contributed by atoms with Crippen molar-refractivity contribution < 1.29 is 38.1 Å². The minimum absolute atomic E-state index is 0.0111. The number of hydrogen-bond acceptors (Lipinski definition) is 8. The van der Waals surface area contributed by atoms with Crippen LogP contribution in [0.25, 0.3) is 0 Å². The number of rotatable bonds is 14. The van der Waals surface area contributed by atoms with Gasteiger partial charge in [0.15, 0.2) is 0 Å². The first-order chi connectivity index (χ1) is 20.1. The summed E-state index contributed by atoms with van der Waals surface area (Å²) in [5.41, 5.74) is 0.321. The lowest BCUT2D eigenvalue weighted by molar-refractivity contribution is -0.164. The van der Waals surface area contributed by atoms with Gasteiger partial charge in [0.1, 0.15) is 16.8 Å². The number of benzene rings is 1. The Morgan fingerprint density at radius 3 is 1.70 bits per heavy atom. The third kappa shape index (κ3) is 13.0. The second-order valence-corrected chi connectivity index (χ2v) is 15.1. The molecule has 248 valence electrons. The van der Waals surface area contributed by atoms with E-state index in [1.807, 2.05) is 18.2 Å². The zero-order valence-electron chi connectivity index (χ0n) is 28.7. The SMILES string of the molecule is CC(CC(CC(CC(C)C(=O)OC(C)(C)C)C(=O)OC(C)(C)C)C(=O)NCCOC1Cc2ccccc21)C(=O)OC(C)(C)C. The molecule has 44 heavy (non-hydrogen) atoms. The van der Waals surface area contributed by atoms with Crippen LogP contribution < -0.4 is 5.32 Å². The van der Waals surface area contributed by atoms with Crippen LogP contribution in [-0.4, -0.2) is 53.8 Å². The van der Waals surface area contributed by atoms with Crippen molar-refractivity contribution in [2.45, 2.75) is 125 Å². The molecule has 5 unspecified atom stereocenters. The summed E-state index contributed by atoms with van der Waals surface area (Å²) in [6, 6.07) is 8.12. The fraction of sp³-hybridized carbons (Fsp3) is 0.714. The third-order valence-electron chi connectivity index (χ3n) is 7.10. The van der Waals surface area contributed by atoms with E-state index in [-0.39, 0.29) is 37.8 Å². The first-order valence-corrected chi connectivity index (χ1v) is 15.8. The highest BCUT2D eigenvalue weighted by molar-refractivity contribution is 5.82. The molecule has 1 aliphatic rings. The second-order valence-electron chi connectivity index (χ2n) is 15.1. The highest BCUT2D eigenvalue weighted by Crippen LogP contribution is 2.35. The maximum absolute atomic E-state index is 13.6. The van der Waals surface area contributed by atoms with Gasteiger partial charge in [-0.05, 0) is 92.7 Å². The number of carbonyl (C=O) groups is 4.